The summed E-state index contributed by atoms with van der Waals surface area (Å²) < 4.78 is 0. The van der Waals surface area contributed by atoms with E-state index in [0.717, 1.165) is 43.9 Å². The van der Waals surface area contributed by atoms with Crippen molar-refractivity contribution in [3.05, 3.63) is 23.9 Å². The minimum absolute atomic E-state index is 0.208. The van der Waals surface area contributed by atoms with Gasteiger partial charge in [0.1, 0.15) is 11.9 Å². The van der Waals surface area contributed by atoms with Gasteiger partial charge in [-0.25, -0.2) is 4.98 Å². The predicted molar refractivity (Wildman–Crippen MR) is 71.2 cm³/mol. The summed E-state index contributed by atoms with van der Waals surface area (Å²) in [6, 6.07) is 3.76. The standard InChI is InChI=1S/C13H20N4O/c1-2-15-9-10-5-3-7-16-13(10)17-8-4-6-11(17)12(14)18/h3,5,7,11,15H,2,4,6,8-9H2,1H3,(H2,14,18). The Morgan fingerprint density at radius 1 is 1.67 bits per heavy atom. The van der Waals surface area contributed by atoms with Crippen LogP contribution >= 0.6 is 0 Å². The second-order valence-electron chi connectivity index (χ2n) is 4.52. The van der Waals surface area contributed by atoms with Crippen LogP contribution in [0.25, 0.3) is 0 Å². The van der Waals surface area contributed by atoms with Gasteiger partial charge in [-0.15, -0.1) is 0 Å². The van der Waals surface area contributed by atoms with E-state index < -0.39 is 0 Å². The molecule has 0 saturated carbocycles. The van der Waals surface area contributed by atoms with Gasteiger partial charge in [0.15, 0.2) is 0 Å². The molecule has 0 aliphatic carbocycles. The Bertz CT molecular complexity index is 421. The lowest BCUT2D eigenvalue weighted by molar-refractivity contribution is -0.119. The van der Waals surface area contributed by atoms with Crippen molar-refractivity contribution in [2.45, 2.75) is 32.4 Å². The lowest BCUT2D eigenvalue weighted by Gasteiger charge is -2.25. The van der Waals surface area contributed by atoms with E-state index in [1.807, 2.05) is 17.0 Å². The first-order valence-electron chi connectivity index (χ1n) is 6.44. The number of nitrogens with two attached hydrogens (primary N) is 1. The number of nitrogens with one attached hydrogen (secondary N) is 1. The number of anilines is 1. The minimum Gasteiger partial charge on any atom is -0.368 e. The SMILES string of the molecule is CCNCc1cccnc1N1CCCC1C(N)=O. The molecule has 1 unspecified atom stereocenters. The molecule has 5 nitrogen and oxygen atoms in total. The Morgan fingerprint density at radius 3 is 3.22 bits per heavy atom. The molecule has 1 saturated heterocycles. The lowest BCUT2D eigenvalue weighted by Crippen LogP contribution is -2.41. The highest BCUT2D eigenvalue weighted by molar-refractivity contribution is 5.84. The molecular formula is C13H20N4O. The zero-order chi connectivity index (χ0) is 13.0. The van der Waals surface area contributed by atoms with E-state index in [4.69, 9.17) is 5.73 Å². The summed E-state index contributed by atoms with van der Waals surface area (Å²) in [6.07, 6.45) is 3.58. The number of carbonyl (C=O) groups excluding carboxylic acids is 1. The van der Waals surface area contributed by atoms with E-state index in [0.29, 0.717) is 0 Å². The highest BCUT2D eigenvalue weighted by atomic mass is 16.1. The molecule has 1 aliphatic rings. The van der Waals surface area contributed by atoms with Crippen molar-refractivity contribution in [1.82, 2.24) is 10.3 Å². The van der Waals surface area contributed by atoms with Crippen LogP contribution in [-0.2, 0) is 11.3 Å². The number of rotatable bonds is 5. The van der Waals surface area contributed by atoms with Crippen molar-refractivity contribution in [2.24, 2.45) is 5.73 Å². The van der Waals surface area contributed by atoms with Crippen LogP contribution in [0.3, 0.4) is 0 Å². The van der Waals surface area contributed by atoms with E-state index in [1.165, 1.54) is 0 Å². The van der Waals surface area contributed by atoms with E-state index in [9.17, 15) is 4.79 Å². The first-order chi connectivity index (χ1) is 8.74. The third-order valence-electron chi connectivity index (χ3n) is 3.29. The van der Waals surface area contributed by atoms with Crippen LogP contribution < -0.4 is 16.0 Å². The first kappa shape index (κ1) is 12.8. The molecule has 0 radical (unpaired) electrons. The van der Waals surface area contributed by atoms with Gasteiger partial charge < -0.3 is 16.0 Å². The second-order valence-corrected chi connectivity index (χ2v) is 4.52. The molecule has 3 N–H and O–H groups in total. The van der Waals surface area contributed by atoms with E-state index in [2.05, 4.69) is 17.2 Å². The minimum atomic E-state index is -0.257. The summed E-state index contributed by atoms with van der Waals surface area (Å²) in [5.74, 6) is 0.632. The summed E-state index contributed by atoms with van der Waals surface area (Å²) in [5.41, 5.74) is 6.57. The first-order valence-corrected chi connectivity index (χ1v) is 6.44. The molecule has 1 fully saturated rings. The van der Waals surface area contributed by atoms with Crippen molar-refractivity contribution < 1.29 is 4.79 Å². The van der Waals surface area contributed by atoms with Gasteiger partial charge in [-0.3, -0.25) is 4.79 Å². The van der Waals surface area contributed by atoms with Crippen LogP contribution in [0.1, 0.15) is 25.3 Å². The third kappa shape index (κ3) is 2.61. The number of hydrogen-bond donors (Lipinski definition) is 2. The highest BCUT2D eigenvalue weighted by Crippen LogP contribution is 2.26. The molecule has 2 heterocycles. The summed E-state index contributed by atoms with van der Waals surface area (Å²) in [7, 11) is 0. The Labute approximate surface area is 107 Å². The van der Waals surface area contributed by atoms with Crippen molar-refractivity contribution in [2.75, 3.05) is 18.0 Å². The second kappa shape index (κ2) is 5.82. The van der Waals surface area contributed by atoms with E-state index in [1.54, 1.807) is 6.20 Å². The number of amides is 1. The normalized spacial score (nSPS) is 19.2. The Balaban J connectivity index is 2.23. The van der Waals surface area contributed by atoms with Crippen LogP contribution in [0.15, 0.2) is 18.3 Å². The third-order valence-corrected chi connectivity index (χ3v) is 3.29. The largest absolute Gasteiger partial charge is 0.368 e. The highest BCUT2D eigenvalue weighted by Gasteiger charge is 2.30. The maximum atomic E-state index is 11.4. The zero-order valence-corrected chi connectivity index (χ0v) is 10.7. The van der Waals surface area contributed by atoms with Crippen molar-refractivity contribution in [1.29, 1.82) is 0 Å². The molecule has 1 atom stereocenters. The molecule has 0 aromatic carbocycles. The van der Waals surface area contributed by atoms with Crippen molar-refractivity contribution in [3.63, 3.8) is 0 Å². The number of hydrogen-bond acceptors (Lipinski definition) is 4. The fourth-order valence-corrected chi connectivity index (χ4v) is 2.40. The molecule has 1 aliphatic heterocycles. The topological polar surface area (TPSA) is 71.2 Å². The molecule has 2 rings (SSSR count). The van der Waals surface area contributed by atoms with Gasteiger partial charge in [0.05, 0.1) is 0 Å². The average Bonchev–Trinajstić information content (AvgIpc) is 2.86. The monoisotopic (exact) mass is 248 g/mol. The molecule has 0 spiro atoms. The molecule has 1 amide bonds. The molecular weight excluding hydrogens is 228 g/mol. The van der Waals surface area contributed by atoms with Gasteiger partial charge in [-0.05, 0) is 25.5 Å². The smallest absolute Gasteiger partial charge is 0.240 e. The van der Waals surface area contributed by atoms with Gasteiger partial charge in [0.25, 0.3) is 0 Å². The average molecular weight is 248 g/mol. The number of primary amides is 1. The quantitative estimate of drug-likeness (QED) is 0.802. The molecule has 98 valence electrons. The van der Waals surface area contributed by atoms with Gasteiger partial charge >= 0.3 is 0 Å². The van der Waals surface area contributed by atoms with Crippen LogP contribution in [0.4, 0.5) is 5.82 Å². The van der Waals surface area contributed by atoms with Crippen LogP contribution in [0, 0.1) is 0 Å². The molecule has 1 aromatic rings. The Morgan fingerprint density at radius 2 is 2.50 bits per heavy atom. The summed E-state index contributed by atoms with van der Waals surface area (Å²) in [5, 5.41) is 3.29. The van der Waals surface area contributed by atoms with Crippen LogP contribution in [0.2, 0.25) is 0 Å². The number of pyridine rings is 1. The van der Waals surface area contributed by atoms with E-state index >= 15 is 0 Å². The van der Waals surface area contributed by atoms with Gasteiger partial charge in [0, 0.05) is 24.8 Å². The van der Waals surface area contributed by atoms with Crippen LogP contribution in [0.5, 0.6) is 0 Å². The number of nitrogens with zero attached hydrogens (tertiary/aromatic N) is 2. The molecule has 18 heavy (non-hydrogen) atoms. The summed E-state index contributed by atoms with van der Waals surface area (Å²) >= 11 is 0. The zero-order valence-electron chi connectivity index (χ0n) is 10.7. The Kier molecular flexibility index (Phi) is 4.15. The number of carbonyl (C=O) groups is 1. The molecule has 1 aromatic heterocycles. The van der Waals surface area contributed by atoms with Crippen molar-refractivity contribution in [3.8, 4) is 0 Å². The van der Waals surface area contributed by atoms with Gasteiger partial charge in [0.2, 0.25) is 5.91 Å². The lowest BCUT2D eigenvalue weighted by atomic mass is 10.2. The maximum absolute atomic E-state index is 11.4. The fraction of sp³-hybridized carbons (Fsp3) is 0.538. The maximum Gasteiger partial charge on any atom is 0.240 e. The van der Waals surface area contributed by atoms with Gasteiger partial charge in [-0.1, -0.05) is 13.0 Å². The predicted octanol–water partition coefficient (Wildman–Crippen LogP) is 0.645. The van der Waals surface area contributed by atoms with Gasteiger partial charge in [-0.2, -0.15) is 0 Å². The fourth-order valence-electron chi connectivity index (χ4n) is 2.40. The number of aromatic nitrogens is 1. The van der Waals surface area contributed by atoms with E-state index in [-0.39, 0.29) is 11.9 Å². The summed E-state index contributed by atoms with van der Waals surface area (Å²) in [6.45, 7) is 4.59. The molecule has 0 bridgehead atoms. The summed E-state index contributed by atoms with van der Waals surface area (Å²) in [4.78, 5) is 17.9. The van der Waals surface area contributed by atoms with Crippen molar-refractivity contribution >= 4 is 11.7 Å². The molecule has 5 heteroatoms. The van der Waals surface area contributed by atoms with Crippen LogP contribution in [-0.4, -0.2) is 30.0 Å². The Hall–Kier alpha value is -1.62.